The topological polar surface area (TPSA) is 118 Å². The van der Waals surface area contributed by atoms with Gasteiger partial charge in [0.15, 0.2) is 0 Å². The second-order valence-electron chi connectivity index (χ2n) is 7.90. The number of thiazole rings is 1. The van der Waals surface area contributed by atoms with Crippen molar-refractivity contribution in [1.82, 2.24) is 14.9 Å². The molecule has 3 aromatic rings. The van der Waals surface area contributed by atoms with E-state index in [1.807, 2.05) is 25.1 Å². The maximum absolute atomic E-state index is 13.1. The highest BCUT2D eigenvalue weighted by molar-refractivity contribution is 7.18. The molecule has 1 aliphatic heterocycles. The van der Waals surface area contributed by atoms with Gasteiger partial charge in [-0.3, -0.25) is 19.4 Å². The average molecular weight is 438 g/mol. The summed E-state index contributed by atoms with van der Waals surface area (Å²) >= 11 is 1.63. The monoisotopic (exact) mass is 437 g/mol. The van der Waals surface area contributed by atoms with E-state index in [0.29, 0.717) is 6.54 Å². The third-order valence-corrected chi connectivity index (χ3v) is 6.41. The Bertz CT molecular complexity index is 1170. The van der Waals surface area contributed by atoms with Gasteiger partial charge in [0.1, 0.15) is 0 Å². The van der Waals surface area contributed by atoms with Crippen LogP contribution in [0.15, 0.2) is 36.7 Å². The number of amides is 3. The minimum absolute atomic E-state index is 0.154. The number of aryl methyl sites for hydroxylation is 1. The molecule has 1 aliphatic rings. The summed E-state index contributed by atoms with van der Waals surface area (Å²) in [6.07, 6.45) is 4.41. The fourth-order valence-electron chi connectivity index (χ4n) is 3.95. The van der Waals surface area contributed by atoms with Gasteiger partial charge >= 0.3 is 11.8 Å². The first kappa shape index (κ1) is 20.9. The number of nitrogens with two attached hydrogens (primary N) is 1. The second kappa shape index (κ2) is 8.43. The van der Waals surface area contributed by atoms with E-state index in [1.165, 1.54) is 18.5 Å². The first-order chi connectivity index (χ1) is 14.8. The van der Waals surface area contributed by atoms with Gasteiger partial charge in [0.25, 0.3) is 0 Å². The summed E-state index contributed by atoms with van der Waals surface area (Å²) in [6.45, 7) is 4.53. The van der Waals surface area contributed by atoms with Crippen LogP contribution in [-0.2, 0) is 9.59 Å². The van der Waals surface area contributed by atoms with Gasteiger partial charge in [-0.25, -0.2) is 4.98 Å². The van der Waals surface area contributed by atoms with Crippen LogP contribution in [-0.4, -0.2) is 39.1 Å². The molecular formula is C22H23N5O3S. The van der Waals surface area contributed by atoms with Crippen LogP contribution in [0.4, 0.5) is 5.69 Å². The normalized spacial score (nSPS) is 18.7. The lowest BCUT2D eigenvalue weighted by atomic mass is 9.89. The van der Waals surface area contributed by atoms with Crippen LogP contribution < -0.4 is 11.1 Å². The number of aromatic nitrogens is 2. The Balaban J connectivity index is 1.57. The summed E-state index contributed by atoms with van der Waals surface area (Å²) in [5.41, 5.74) is 7.54. The number of nitrogens with zero attached hydrogens (tertiary/aromatic N) is 3. The summed E-state index contributed by atoms with van der Waals surface area (Å²) in [7, 11) is 0. The Hall–Kier alpha value is -3.33. The fraction of sp³-hybridized carbons (Fsp3) is 0.318. The van der Waals surface area contributed by atoms with Gasteiger partial charge in [-0.15, -0.1) is 11.3 Å². The highest BCUT2D eigenvalue weighted by atomic mass is 32.1. The Morgan fingerprint density at radius 2 is 2.00 bits per heavy atom. The van der Waals surface area contributed by atoms with E-state index in [2.05, 4.69) is 22.2 Å². The number of primary amides is 1. The molecular weight excluding hydrogens is 414 g/mol. The molecule has 2 atom stereocenters. The minimum atomic E-state index is -0.770. The minimum Gasteiger partial charge on any atom is -0.366 e. The van der Waals surface area contributed by atoms with Crippen molar-refractivity contribution in [2.24, 2.45) is 11.7 Å². The third-order valence-electron chi connectivity index (χ3n) is 5.46. The number of benzene rings is 1. The van der Waals surface area contributed by atoms with E-state index in [4.69, 9.17) is 5.73 Å². The number of fused-ring (bicyclic) bond motifs is 1. The van der Waals surface area contributed by atoms with Gasteiger partial charge in [0.05, 0.1) is 38.7 Å². The zero-order valence-corrected chi connectivity index (χ0v) is 18.1. The van der Waals surface area contributed by atoms with Crippen molar-refractivity contribution in [3.05, 3.63) is 52.8 Å². The van der Waals surface area contributed by atoms with Gasteiger partial charge < -0.3 is 16.0 Å². The quantitative estimate of drug-likeness (QED) is 0.611. The van der Waals surface area contributed by atoms with Crippen LogP contribution in [0.5, 0.6) is 0 Å². The lowest BCUT2D eigenvalue weighted by molar-refractivity contribution is -0.146. The number of piperidine rings is 1. The van der Waals surface area contributed by atoms with Crippen molar-refractivity contribution in [3.8, 4) is 0 Å². The molecule has 0 bridgehead atoms. The highest BCUT2D eigenvalue weighted by Gasteiger charge is 2.34. The molecule has 0 aliphatic carbocycles. The van der Waals surface area contributed by atoms with E-state index < -0.39 is 17.7 Å². The summed E-state index contributed by atoms with van der Waals surface area (Å²) < 4.78 is 1.10. The molecule has 3 heterocycles. The first-order valence-corrected chi connectivity index (χ1v) is 10.9. The van der Waals surface area contributed by atoms with Crippen LogP contribution in [0.3, 0.4) is 0 Å². The highest BCUT2D eigenvalue weighted by Crippen LogP contribution is 2.35. The standard InChI is InChI=1S/C22H23N5O3S/c1-12-3-5-18(14-4-6-19-17(8-14)25-13(2)31-19)27(11-12)22(30)21(29)26-16-7-15(20(23)28)9-24-10-16/h4,6-10,12,18H,3,5,11H2,1-2H3,(H2,23,28)(H,26,29)/t12-,18+/m0/s1. The number of hydrogen-bond acceptors (Lipinski definition) is 6. The molecule has 3 N–H and O–H groups in total. The molecule has 1 fully saturated rings. The zero-order chi connectivity index (χ0) is 22.1. The van der Waals surface area contributed by atoms with Crippen LogP contribution in [0, 0.1) is 12.8 Å². The Morgan fingerprint density at radius 1 is 1.19 bits per heavy atom. The molecule has 0 spiro atoms. The van der Waals surface area contributed by atoms with Crippen molar-refractivity contribution in [3.63, 3.8) is 0 Å². The molecule has 3 amide bonds. The SMILES string of the molecule is Cc1nc2cc([C@H]3CC[C@H](C)CN3C(=O)C(=O)Nc3cncc(C(N)=O)c3)ccc2s1. The molecule has 8 nitrogen and oxygen atoms in total. The van der Waals surface area contributed by atoms with Crippen molar-refractivity contribution in [2.45, 2.75) is 32.7 Å². The van der Waals surface area contributed by atoms with Gasteiger partial charge in [-0.2, -0.15) is 0 Å². The predicted molar refractivity (Wildman–Crippen MR) is 119 cm³/mol. The second-order valence-corrected chi connectivity index (χ2v) is 9.13. The summed E-state index contributed by atoms with van der Waals surface area (Å²) in [5.74, 6) is -1.76. The summed E-state index contributed by atoms with van der Waals surface area (Å²) in [6, 6.07) is 7.25. The number of carbonyl (C=O) groups is 3. The molecule has 2 aromatic heterocycles. The number of nitrogens with one attached hydrogen (secondary N) is 1. The average Bonchev–Trinajstić information content (AvgIpc) is 3.12. The Morgan fingerprint density at radius 3 is 2.77 bits per heavy atom. The zero-order valence-electron chi connectivity index (χ0n) is 17.3. The van der Waals surface area contributed by atoms with Crippen molar-refractivity contribution >= 4 is 45.0 Å². The maximum atomic E-state index is 13.1. The smallest absolute Gasteiger partial charge is 0.313 e. The van der Waals surface area contributed by atoms with E-state index in [-0.39, 0.29) is 23.2 Å². The van der Waals surface area contributed by atoms with E-state index >= 15 is 0 Å². The predicted octanol–water partition coefficient (Wildman–Crippen LogP) is 3.04. The lowest BCUT2D eigenvalue weighted by Crippen LogP contribution is -2.46. The van der Waals surface area contributed by atoms with Crippen LogP contribution in [0.25, 0.3) is 10.2 Å². The van der Waals surface area contributed by atoms with Crippen LogP contribution in [0.2, 0.25) is 0 Å². The van der Waals surface area contributed by atoms with E-state index in [9.17, 15) is 14.4 Å². The number of likely N-dealkylation sites (tertiary alicyclic amines) is 1. The van der Waals surface area contributed by atoms with Crippen molar-refractivity contribution in [2.75, 3.05) is 11.9 Å². The van der Waals surface area contributed by atoms with Gasteiger partial charge in [0.2, 0.25) is 5.91 Å². The largest absolute Gasteiger partial charge is 0.366 e. The van der Waals surface area contributed by atoms with Crippen molar-refractivity contribution < 1.29 is 14.4 Å². The maximum Gasteiger partial charge on any atom is 0.313 e. The molecule has 0 radical (unpaired) electrons. The fourth-order valence-corrected chi connectivity index (χ4v) is 4.76. The van der Waals surface area contributed by atoms with Gasteiger partial charge in [-0.05, 0) is 49.4 Å². The van der Waals surface area contributed by atoms with Crippen LogP contribution >= 0.6 is 11.3 Å². The molecule has 4 rings (SSSR count). The summed E-state index contributed by atoms with van der Waals surface area (Å²) in [4.78, 5) is 47.3. The van der Waals surface area contributed by atoms with E-state index in [1.54, 1.807) is 16.2 Å². The van der Waals surface area contributed by atoms with Crippen LogP contribution in [0.1, 0.15) is 46.7 Å². The number of pyridine rings is 1. The van der Waals surface area contributed by atoms with E-state index in [0.717, 1.165) is 33.6 Å². The Kier molecular flexibility index (Phi) is 5.69. The first-order valence-electron chi connectivity index (χ1n) is 10.1. The molecule has 9 heteroatoms. The molecule has 0 unspecified atom stereocenters. The summed E-state index contributed by atoms with van der Waals surface area (Å²) in [5, 5.41) is 3.53. The molecule has 0 saturated carbocycles. The number of anilines is 1. The molecule has 160 valence electrons. The molecule has 1 saturated heterocycles. The van der Waals surface area contributed by atoms with Gasteiger partial charge in [-0.1, -0.05) is 13.0 Å². The third kappa shape index (κ3) is 4.41. The van der Waals surface area contributed by atoms with Gasteiger partial charge in [0, 0.05) is 12.7 Å². The number of hydrogen-bond donors (Lipinski definition) is 2. The van der Waals surface area contributed by atoms with Crippen molar-refractivity contribution in [1.29, 1.82) is 0 Å². The molecule has 31 heavy (non-hydrogen) atoms. The lowest BCUT2D eigenvalue weighted by Gasteiger charge is -2.38. The molecule has 1 aromatic carbocycles. The number of carbonyl (C=O) groups excluding carboxylic acids is 3. The Labute approximate surface area is 183 Å². The number of rotatable bonds is 3.